The molecule has 0 saturated carbocycles. The third-order valence-corrected chi connectivity index (χ3v) is 3.65. The second-order valence-corrected chi connectivity index (χ2v) is 4.96. The van der Waals surface area contributed by atoms with Crippen molar-refractivity contribution in [2.75, 3.05) is 0 Å². The highest BCUT2D eigenvalue weighted by atomic mass is 79.9. The van der Waals surface area contributed by atoms with Crippen LogP contribution in [0.5, 0.6) is 0 Å². The molecule has 2 bridgehead atoms. The monoisotopic (exact) mass is 251 g/mol. The summed E-state index contributed by atoms with van der Waals surface area (Å²) < 4.78 is 1.09. The Morgan fingerprint density at radius 1 is 1.43 bits per heavy atom. The van der Waals surface area contributed by atoms with Crippen molar-refractivity contribution in [3.05, 3.63) is 33.8 Å². The molecule has 1 amide bonds. The molecule has 1 heterocycles. The number of carbonyl (C=O) groups excluding carboxylic acids is 1. The van der Waals surface area contributed by atoms with Crippen LogP contribution in [-0.2, 0) is 11.2 Å². The van der Waals surface area contributed by atoms with Crippen LogP contribution in [0.1, 0.15) is 23.6 Å². The summed E-state index contributed by atoms with van der Waals surface area (Å²) in [6.45, 7) is 0. The number of hydrogen-bond donors (Lipinski definition) is 1. The molecule has 0 aromatic heterocycles. The van der Waals surface area contributed by atoms with Gasteiger partial charge in [-0.25, -0.2) is 0 Å². The number of halogens is 1. The molecule has 1 aromatic rings. The van der Waals surface area contributed by atoms with E-state index in [0.717, 1.165) is 17.3 Å². The summed E-state index contributed by atoms with van der Waals surface area (Å²) in [7, 11) is 0. The Morgan fingerprint density at radius 3 is 3.14 bits per heavy atom. The first-order valence-corrected chi connectivity index (χ1v) is 5.62. The summed E-state index contributed by atoms with van der Waals surface area (Å²) in [6.07, 6.45) is 1.88. The van der Waals surface area contributed by atoms with Crippen LogP contribution in [0.15, 0.2) is 22.7 Å². The molecule has 72 valence electrons. The predicted octanol–water partition coefficient (Wildman–Crippen LogP) is 2.18. The SMILES string of the molecule is O=C1NC2CC1Cc1ccc(Br)cc12. The van der Waals surface area contributed by atoms with Gasteiger partial charge in [0.05, 0.1) is 6.04 Å². The van der Waals surface area contributed by atoms with Gasteiger partial charge in [0.2, 0.25) is 5.91 Å². The van der Waals surface area contributed by atoms with Crippen molar-refractivity contribution in [3.63, 3.8) is 0 Å². The van der Waals surface area contributed by atoms with Gasteiger partial charge in [0.1, 0.15) is 0 Å². The minimum absolute atomic E-state index is 0.216. The summed E-state index contributed by atoms with van der Waals surface area (Å²) >= 11 is 3.46. The van der Waals surface area contributed by atoms with E-state index in [0.29, 0.717) is 0 Å². The van der Waals surface area contributed by atoms with Gasteiger partial charge >= 0.3 is 0 Å². The minimum atomic E-state index is 0.216. The second-order valence-electron chi connectivity index (χ2n) is 4.04. The van der Waals surface area contributed by atoms with Crippen molar-refractivity contribution in [1.29, 1.82) is 0 Å². The average Bonchev–Trinajstić information content (AvgIpc) is 2.46. The van der Waals surface area contributed by atoms with Gasteiger partial charge in [0.25, 0.3) is 0 Å². The fourth-order valence-corrected chi connectivity index (χ4v) is 2.84. The van der Waals surface area contributed by atoms with E-state index in [-0.39, 0.29) is 17.9 Å². The van der Waals surface area contributed by atoms with Gasteiger partial charge in [-0.2, -0.15) is 0 Å². The maximum Gasteiger partial charge on any atom is 0.224 e. The van der Waals surface area contributed by atoms with Crippen LogP contribution in [0.25, 0.3) is 0 Å². The normalized spacial score (nSPS) is 28.5. The van der Waals surface area contributed by atoms with Crippen LogP contribution in [0.3, 0.4) is 0 Å². The Hall–Kier alpha value is -0.830. The Labute approximate surface area is 90.8 Å². The van der Waals surface area contributed by atoms with E-state index in [9.17, 15) is 4.79 Å². The second kappa shape index (κ2) is 2.83. The van der Waals surface area contributed by atoms with Crippen LogP contribution < -0.4 is 5.32 Å². The zero-order valence-corrected chi connectivity index (χ0v) is 9.17. The zero-order chi connectivity index (χ0) is 9.71. The smallest absolute Gasteiger partial charge is 0.224 e. The number of rotatable bonds is 0. The molecule has 2 nitrogen and oxygen atoms in total. The van der Waals surface area contributed by atoms with Crippen LogP contribution in [0.2, 0.25) is 0 Å². The minimum Gasteiger partial charge on any atom is -0.349 e. The van der Waals surface area contributed by atoms with E-state index in [2.05, 4.69) is 33.4 Å². The lowest BCUT2D eigenvalue weighted by atomic mass is 9.84. The van der Waals surface area contributed by atoms with Crippen LogP contribution >= 0.6 is 15.9 Å². The number of nitrogens with one attached hydrogen (secondary N) is 1. The number of fused-ring (bicyclic) bond motifs is 4. The molecule has 1 aliphatic heterocycles. The molecular formula is C11H10BrNO. The Bertz CT molecular complexity index is 416. The van der Waals surface area contributed by atoms with Gasteiger partial charge in [-0.15, -0.1) is 0 Å². The van der Waals surface area contributed by atoms with Gasteiger partial charge in [-0.05, 0) is 36.1 Å². The highest BCUT2D eigenvalue weighted by Crippen LogP contribution is 2.39. The molecule has 0 radical (unpaired) electrons. The molecule has 1 fully saturated rings. The molecule has 1 aromatic carbocycles. The number of benzene rings is 1. The van der Waals surface area contributed by atoms with Crippen molar-refractivity contribution in [2.45, 2.75) is 18.9 Å². The molecule has 3 heteroatoms. The van der Waals surface area contributed by atoms with Gasteiger partial charge in [-0.3, -0.25) is 4.79 Å². The van der Waals surface area contributed by atoms with Crippen molar-refractivity contribution < 1.29 is 4.79 Å². The lowest BCUT2D eigenvalue weighted by molar-refractivity contribution is -0.122. The third-order valence-electron chi connectivity index (χ3n) is 3.16. The van der Waals surface area contributed by atoms with Gasteiger partial charge in [-0.1, -0.05) is 22.0 Å². The largest absolute Gasteiger partial charge is 0.349 e. The molecule has 2 aliphatic rings. The van der Waals surface area contributed by atoms with Crippen LogP contribution in [-0.4, -0.2) is 5.91 Å². The first kappa shape index (κ1) is 8.48. The highest BCUT2D eigenvalue weighted by molar-refractivity contribution is 9.10. The highest BCUT2D eigenvalue weighted by Gasteiger charge is 2.38. The van der Waals surface area contributed by atoms with Crippen LogP contribution in [0.4, 0.5) is 0 Å². The molecular weight excluding hydrogens is 242 g/mol. The van der Waals surface area contributed by atoms with E-state index in [1.807, 2.05) is 6.07 Å². The Kier molecular flexibility index (Phi) is 1.71. The number of amides is 1. The maximum atomic E-state index is 11.5. The number of carbonyl (C=O) groups is 1. The molecule has 2 unspecified atom stereocenters. The van der Waals surface area contributed by atoms with Gasteiger partial charge < -0.3 is 5.32 Å². The van der Waals surface area contributed by atoms with Gasteiger partial charge in [0.15, 0.2) is 0 Å². The van der Waals surface area contributed by atoms with E-state index in [1.165, 1.54) is 11.1 Å². The number of hydrogen-bond acceptors (Lipinski definition) is 1. The molecule has 0 spiro atoms. The van der Waals surface area contributed by atoms with E-state index < -0.39 is 0 Å². The summed E-state index contributed by atoms with van der Waals surface area (Å²) in [6, 6.07) is 6.56. The molecule has 3 rings (SSSR count). The summed E-state index contributed by atoms with van der Waals surface area (Å²) in [5.41, 5.74) is 2.62. The van der Waals surface area contributed by atoms with E-state index in [1.54, 1.807) is 0 Å². The van der Waals surface area contributed by atoms with E-state index in [4.69, 9.17) is 0 Å². The standard InChI is InChI=1S/C11H10BrNO/c12-8-2-1-6-3-7-4-10(9(6)5-8)13-11(7)14/h1-2,5,7,10H,3-4H2,(H,13,14). The third kappa shape index (κ3) is 1.12. The fraction of sp³-hybridized carbons (Fsp3) is 0.364. The molecule has 2 atom stereocenters. The Balaban J connectivity index is 2.12. The lowest BCUT2D eigenvalue weighted by Crippen LogP contribution is -2.19. The zero-order valence-electron chi connectivity index (χ0n) is 7.59. The topological polar surface area (TPSA) is 29.1 Å². The van der Waals surface area contributed by atoms with Crippen LogP contribution in [0, 0.1) is 5.92 Å². The fourth-order valence-electron chi connectivity index (χ4n) is 2.46. The molecule has 1 saturated heterocycles. The average molecular weight is 252 g/mol. The molecule has 1 aliphatic carbocycles. The van der Waals surface area contributed by atoms with Crippen molar-refractivity contribution in [3.8, 4) is 0 Å². The molecule has 14 heavy (non-hydrogen) atoms. The first-order chi connectivity index (χ1) is 6.74. The quantitative estimate of drug-likeness (QED) is 0.753. The summed E-state index contributed by atoms with van der Waals surface area (Å²) in [5, 5.41) is 3.04. The summed E-state index contributed by atoms with van der Waals surface area (Å²) in [5.74, 6) is 0.441. The predicted molar refractivity (Wildman–Crippen MR) is 56.8 cm³/mol. The van der Waals surface area contributed by atoms with E-state index >= 15 is 0 Å². The molecule has 1 N–H and O–H groups in total. The Morgan fingerprint density at radius 2 is 2.29 bits per heavy atom. The first-order valence-electron chi connectivity index (χ1n) is 4.83. The van der Waals surface area contributed by atoms with Crippen molar-refractivity contribution in [1.82, 2.24) is 5.32 Å². The lowest BCUT2D eigenvalue weighted by Gasteiger charge is -2.20. The van der Waals surface area contributed by atoms with Crippen molar-refractivity contribution in [2.24, 2.45) is 5.92 Å². The van der Waals surface area contributed by atoms with Crippen molar-refractivity contribution >= 4 is 21.8 Å². The maximum absolute atomic E-state index is 11.5. The van der Waals surface area contributed by atoms with Gasteiger partial charge in [0, 0.05) is 10.4 Å². The summed E-state index contributed by atoms with van der Waals surface area (Å²) in [4.78, 5) is 11.5.